The fraction of sp³-hybridized carbons (Fsp3) is 0.478. The summed E-state index contributed by atoms with van der Waals surface area (Å²) in [5.41, 5.74) is -0.624. The van der Waals surface area contributed by atoms with Crippen molar-refractivity contribution in [2.24, 2.45) is 5.92 Å². The molecule has 1 fully saturated rings. The Bertz CT molecular complexity index is 1030. The number of carboxylic acid groups (broad SMARTS) is 3. The Balaban J connectivity index is 0.000000287. The lowest BCUT2D eigenvalue weighted by Gasteiger charge is -2.20. The maximum absolute atomic E-state index is 10.3. The summed E-state index contributed by atoms with van der Waals surface area (Å²) in [6.07, 6.45) is 2.37. The van der Waals surface area contributed by atoms with Crippen LogP contribution in [-0.4, -0.2) is 55.1 Å². The molecule has 1 aromatic heterocycles. The van der Waals surface area contributed by atoms with Gasteiger partial charge in [0.2, 0.25) is 0 Å². The first-order valence-electron chi connectivity index (χ1n) is 10.9. The number of benzene rings is 1. The van der Waals surface area contributed by atoms with Gasteiger partial charge < -0.3 is 30.3 Å². The van der Waals surface area contributed by atoms with Crippen molar-refractivity contribution in [3.63, 3.8) is 0 Å². The van der Waals surface area contributed by atoms with Crippen LogP contribution in [0, 0.1) is 12.8 Å². The van der Waals surface area contributed by atoms with E-state index >= 15 is 0 Å². The molecule has 3 rings (SSSR count). The van der Waals surface area contributed by atoms with Crippen LogP contribution in [0.2, 0.25) is 10.0 Å². The van der Waals surface area contributed by atoms with Gasteiger partial charge in [-0.05, 0) is 43.4 Å². The summed E-state index contributed by atoms with van der Waals surface area (Å²) in [5, 5.41) is 42.7. The van der Waals surface area contributed by atoms with Crippen molar-refractivity contribution in [2.75, 3.05) is 0 Å². The number of hydrogen-bond acceptors (Lipinski definition) is 7. The van der Waals surface area contributed by atoms with Crippen molar-refractivity contribution < 1.29 is 39.3 Å². The monoisotopic (exact) mass is 530 g/mol. The first-order valence-corrected chi connectivity index (χ1v) is 11.6. The average Bonchev–Trinajstić information content (AvgIpc) is 3.36. The van der Waals surface area contributed by atoms with Gasteiger partial charge in [0.25, 0.3) is 0 Å². The van der Waals surface area contributed by atoms with Crippen LogP contribution in [0.15, 0.2) is 28.8 Å². The Morgan fingerprint density at radius 3 is 2.26 bits per heavy atom. The summed E-state index contributed by atoms with van der Waals surface area (Å²) in [6.45, 7) is 2.77. The second-order valence-electron chi connectivity index (χ2n) is 8.54. The van der Waals surface area contributed by atoms with Gasteiger partial charge in [-0.1, -0.05) is 40.8 Å². The molecule has 0 saturated heterocycles. The molecule has 10 nitrogen and oxygen atoms in total. The molecule has 0 amide bonds. The zero-order valence-corrected chi connectivity index (χ0v) is 20.6. The van der Waals surface area contributed by atoms with E-state index in [1.807, 2.05) is 31.2 Å². The predicted octanol–water partition coefficient (Wildman–Crippen LogP) is 3.54. The molecule has 1 aliphatic carbocycles. The van der Waals surface area contributed by atoms with Crippen LogP contribution < -0.4 is 5.32 Å². The van der Waals surface area contributed by atoms with Crippen molar-refractivity contribution in [3.8, 4) is 0 Å². The van der Waals surface area contributed by atoms with E-state index in [1.165, 1.54) is 19.3 Å². The van der Waals surface area contributed by atoms with E-state index in [-0.39, 0.29) is 0 Å². The number of aliphatic hydroxyl groups is 1. The average molecular weight is 531 g/mol. The number of halogens is 2. The van der Waals surface area contributed by atoms with E-state index in [0.717, 1.165) is 30.0 Å². The zero-order valence-electron chi connectivity index (χ0n) is 19.0. The maximum Gasteiger partial charge on any atom is 0.336 e. The highest BCUT2D eigenvalue weighted by Crippen LogP contribution is 2.30. The Morgan fingerprint density at radius 1 is 1.09 bits per heavy atom. The molecule has 0 spiro atoms. The molecule has 0 radical (unpaired) electrons. The lowest BCUT2D eigenvalue weighted by Crippen LogP contribution is -2.42. The van der Waals surface area contributed by atoms with Crippen molar-refractivity contribution in [3.05, 3.63) is 51.3 Å². The number of hydrogen-bond donors (Lipinski definition) is 5. The minimum Gasteiger partial charge on any atom is -0.481 e. The summed E-state index contributed by atoms with van der Waals surface area (Å²) in [6, 6.07) is 8.35. The first-order chi connectivity index (χ1) is 16.4. The SMILES string of the molecule is Cc1cc(C[C@@H]2CCC[C@H]2NCc2ccc(Cl)c(Cl)c2)on1.O=C(O)CC(O)(CC(=O)O)C(=O)O. The molecule has 192 valence electrons. The van der Waals surface area contributed by atoms with Gasteiger partial charge in [0.15, 0.2) is 5.60 Å². The molecule has 5 N–H and O–H groups in total. The summed E-state index contributed by atoms with van der Waals surface area (Å²) < 4.78 is 5.36. The van der Waals surface area contributed by atoms with E-state index in [9.17, 15) is 14.4 Å². The normalized spacial score (nSPS) is 17.5. The standard InChI is InChI=1S/C17H20Cl2N2O.C6H8O7/c1-11-7-14(22-21-11)9-13-3-2-4-17(13)20-10-12-5-6-15(18)16(19)8-12;7-3(8)1-6(13,5(11)12)2-4(9)10/h5-8,13,17,20H,2-4,9-10H2,1H3;13H,1-2H2,(H,7,8)(H,9,10)(H,11,12)/t13-,17+;/m0./s1. The van der Waals surface area contributed by atoms with Crippen LogP contribution in [-0.2, 0) is 27.3 Å². The van der Waals surface area contributed by atoms with E-state index < -0.39 is 36.4 Å². The van der Waals surface area contributed by atoms with Crippen LogP contribution in [0.25, 0.3) is 0 Å². The number of aromatic nitrogens is 1. The van der Waals surface area contributed by atoms with Gasteiger partial charge in [-0.15, -0.1) is 0 Å². The molecule has 0 bridgehead atoms. The van der Waals surface area contributed by atoms with Gasteiger partial charge in [0, 0.05) is 25.1 Å². The molecular formula is C23H28Cl2N2O8. The second kappa shape index (κ2) is 12.9. The van der Waals surface area contributed by atoms with Crippen LogP contribution in [0.1, 0.15) is 49.1 Å². The van der Waals surface area contributed by atoms with Gasteiger partial charge >= 0.3 is 17.9 Å². The molecule has 0 aliphatic heterocycles. The number of nitrogens with one attached hydrogen (secondary N) is 1. The Kier molecular flexibility index (Phi) is 10.5. The molecule has 35 heavy (non-hydrogen) atoms. The van der Waals surface area contributed by atoms with E-state index in [0.29, 0.717) is 22.0 Å². The summed E-state index contributed by atoms with van der Waals surface area (Å²) in [5.74, 6) is -3.42. The van der Waals surface area contributed by atoms with Crippen LogP contribution in [0.4, 0.5) is 0 Å². The van der Waals surface area contributed by atoms with Gasteiger partial charge in [-0.25, -0.2) is 4.79 Å². The van der Waals surface area contributed by atoms with Crippen LogP contribution in [0.5, 0.6) is 0 Å². The Labute approximate surface area is 211 Å². The fourth-order valence-electron chi connectivity index (χ4n) is 3.93. The third-order valence-electron chi connectivity index (χ3n) is 5.64. The van der Waals surface area contributed by atoms with Gasteiger partial charge in [0.1, 0.15) is 5.76 Å². The highest BCUT2D eigenvalue weighted by Gasteiger charge is 2.40. The minimum absolute atomic E-state index is 0.514. The van der Waals surface area contributed by atoms with Crippen molar-refractivity contribution in [1.29, 1.82) is 0 Å². The van der Waals surface area contributed by atoms with Crippen LogP contribution >= 0.6 is 23.2 Å². The number of nitrogens with zero attached hydrogens (tertiary/aromatic N) is 1. The zero-order chi connectivity index (χ0) is 26.2. The lowest BCUT2D eigenvalue weighted by molar-refractivity contribution is -0.170. The number of aliphatic carboxylic acids is 3. The van der Waals surface area contributed by atoms with E-state index in [2.05, 4.69) is 10.5 Å². The fourth-order valence-corrected chi connectivity index (χ4v) is 4.25. The van der Waals surface area contributed by atoms with Crippen molar-refractivity contribution >= 4 is 41.1 Å². The Hall–Kier alpha value is -2.66. The van der Waals surface area contributed by atoms with Gasteiger partial charge in [0.05, 0.1) is 28.6 Å². The summed E-state index contributed by atoms with van der Waals surface area (Å²) >= 11 is 12.0. The van der Waals surface area contributed by atoms with Gasteiger partial charge in [-0.3, -0.25) is 9.59 Å². The molecule has 1 aromatic carbocycles. The van der Waals surface area contributed by atoms with E-state index in [4.69, 9.17) is 48.2 Å². The highest BCUT2D eigenvalue weighted by molar-refractivity contribution is 6.42. The maximum atomic E-state index is 10.3. The molecule has 1 aliphatic rings. The Morgan fingerprint density at radius 2 is 1.74 bits per heavy atom. The van der Waals surface area contributed by atoms with Crippen LogP contribution in [0.3, 0.4) is 0 Å². The number of carbonyl (C=O) groups is 3. The molecular weight excluding hydrogens is 503 g/mol. The van der Waals surface area contributed by atoms with E-state index in [1.54, 1.807) is 0 Å². The summed E-state index contributed by atoms with van der Waals surface area (Å²) in [7, 11) is 0. The third kappa shape index (κ3) is 9.14. The number of aryl methyl sites for hydroxylation is 1. The molecule has 2 atom stereocenters. The molecule has 1 heterocycles. The predicted molar refractivity (Wildman–Crippen MR) is 126 cm³/mol. The molecule has 12 heteroatoms. The van der Waals surface area contributed by atoms with Crippen molar-refractivity contribution in [2.45, 2.75) is 63.6 Å². The first kappa shape index (κ1) is 28.6. The highest BCUT2D eigenvalue weighted by atomic mass is 35.5. The molecule has 1 saturated carbocycles. The van der Waals surface area contributed by atoms with Gasteiger partial charge in [-0.2, -0.15) is 0 Å². The number of carboxylic acids is 3. The largest absolute Gasteiger partial charge is 0.481 e. The number of rotatable bonds is 10. The quantitative estimate of drug-likeness (QED) is 0.306. The van der Waals surface area contributed by atoms with Crippen molar-refractivity contribution in [1.82, 2.24) is 10.5 Å². The third-order valence-corrected chi connectivity index (χ3v) is 6.38. The minimum atomic E-state index is -2.74. The second-order valence-corrected chi connectivity index (χ2v) is 9.36. The molecule has 2 aromatic rings. The molecule has 0 unspecified atom stereocenters. The topological polar surface area (TPSA) is 170 Å². The lowest BCUT2D eigenvalue weighted by atomic mass is 9.96. The summed E-state index contributed by atoms with van der Waals surface area (Å²) in [4.78, 5) is 30.5. The smallest absolute Gasteiger partial charge is 0.336 e.